The normalized spacial score (nSPS) is 24.1. The summed E-state index contributed by atoms with van der Waals surface area (Å²) in [6.45, 7) is 3.53. The summed E-state index contributed by atoms with van der Waals surface area (Å²) in [7, 11) is -3.93. The van der Waals surface area contributed by atoms with Crippen LogP contribution in [0.15, 0.2) is 53.4 Å². The number of benzene rings is 2. The number of nitriles is 1. The number of nitrogens with zero attached hydrogens (tertiary/aromatic N) is 1. The Labute approximate surface area is 163 Å². The number of halogens is 1. The fourth-order valence-electron chi connectivity index (χ4n) is 3.43. The lowest BCUT2D eigenvalue weighted by atomic mass is 10.0. The minimum absolute atomic E-state index is 0.0624. The third kappa shape index (κ3) is 3.11. The van der Waals surface area contributed by atoms with Crippen molar-refractivity contribution in [1.82, 2.24) is 0 Å². The van der Waals surface area contributed by atoms with Crippen molar-refractivity contribution in [1.29, 1.82) is 5.26 Å². The molecule has 2 aromatic carbocycles. The van der Waals surface area contributed by atoms with Gasteiger partial charge in [0.2, 0.25) is 0 Å². The number of carbonyl (C=O) groups is 1. The quantitative estimate of drug-likeness (QED) is 0.711. The second-order valence-corrected chi connectivity index (χ2v) is 9.01. The van der Waals surface area contributed by atoms with E-state index in [0.717, 1.165) is 5.56 Å². The number of ether oxygens (including phenoxy) is 1. The Morgan fingerprint density at radius 1 is 1.19 bits per heavy atom. The van der Waals surface area contributed by atoms with Crippen molar-refractivity contribution in [2.24, 2.45) is 5.41 Å². The fraction of sp³-hybridized carbons (Fsp3) is 0.300. The first-order valence-corrected chi connectivity index (χ1v) is 10.4. The van der Waals surface area contributed by atoms with E-state index in [4.69, 9.17) is 16.3 Å². The SMILES string of the molecule is CCOC(=O)C1(C#N)C(c2ccc(Cl)cc2)C1S(=O)(=O)c1ccc(C)cc1. The zero-order chi connectivity index (χ0) is 19.8. The predicted octanol–water partition coefficient (Wildman–Crippen LogP) is 3.66. The van der Waals surface area contributed by atoms with Gasteiger partial charge in [0.25, 0.3) is 0 Å². The Morgan fingerprint density at radius 2 is 1.78 bits per heavy atom. The van der Waals surface area contributed by atoms with Crippen LogP contribution in [0.5, 0.6) is 0 Å². The zero-order valence-corrected chi connectivity index (χ0v) is 16.4. The molecule has 0 spiro atoms. The average molecular weight is 404 g/mol. The van der Waals surface area contributed by atoms with Crippen LogP contribution in [0.4, 0.5) is 0 Å². The molecule has 5 nitrogen and oxygen atoms in total. The fourth-order valence-corrected chi connectivity index (χ4v) is 5.81. The molecule has 1 aliphatic carbocycles. The van der Waals surface area contributed by atoms with Crippen molar-refractivity contribution in [3.63, 3.8) is 0 Å². The largest absolute Gasteiger partial charge is 0.465 e. The minimum atomic E-state index is -3.93. The van der Waals surface area contributed by atoms with Crippen molar-refractivity contribution in [2.75, 3.05) is 6.61 Å². The second-order valence-electron chi connectivity index (χ2n) is 6.51. The van der Waals surface area contributed by atoms with Crippen molar-refractivity contribution in [3.05, 3.63) is 64.7 Å². The monoisotopic (exact) mass is 403 g/mol. The lowest BCUT2D eigenvalue weighted by Crippen LogP contribution is -2.25. The van der Waals surface area contributed by atoms with Crippen LogP contribution in [0.1, 0.15) is 24.0 Å². The number of hydrogen-bond acceptors (Lipinski definition) is 5. The van der Waals surface area contributed by atoms with E-state index in [2.05, 4.69) is 0 Å². The molecule has 2 aromatic rings. The van der Waals surface area contributed by atoms with E-state index in [1.165, 1.54) is 12.1 Å². The zero-order valence-electron chi connectivity index (χ0n) is 14.8. The van der Waals surface area contributed by atoms with Crippen LogP contribution < -0.4 is 0 Å². The van der Waals surface area contributed by atoms with E-state index < -0.39 is 32.4 Å². The summed E-state index contributed by atoms with van der Waals surface area (Å²) in [6, 6.07) is 14.8. The lowest BCUT2D eigenvalue weighted by molar-refractivity contribution is -0.147. The molecule has 0 radical (unpaired) electrons. The maximum absolute atomic E-state index is 13.3. The first-order chi connectivity index (χ1) is 12.8. The first kappa shape index (κ1) is 19.4. The summed E-state index contributed by atoms with van der Waals surface area (Å²) >= 11 is 5.92. The average Bonchev–Trinajstić information content (AvgIpc) is 3.34. The standard InChI is InChI=1S/C20H18ClNO4S/c1-3-26-19(23)20(12-22)17(14-6-8-15(21)9-7-14)18(20)27(24,25)16-10-4-13(2)5-11-16/h4-11,17-18H,3H2,1-2H3. The third-order valence-electron chi connectivity index (χ3n) is 4.84. The van der Waals surface area contributed by atoms with Crippen LogP contribution in [-0.2, 0) is 19.4 Å². The van der Waals surface area contributed by atoms with Crippen LogP contribution in [0, 0.1) is 23.7 Å². The van der Waals surface area contributed by atoms with E-state index >= 15 is 0 Å². The summed E-state index contributed by atoms with van der Waals surface area (Å²) in [4.78, 5) is 12.7. The van der Waals surface area contributed by atoms with E-state index in [9.17, 15) is 18.5 Å². The number of hydrogen-bond donors (Lipinski definition) is 0. The summed E-state index contributed by atoms with van der Waals surface area (Å²) in [5.74, 6) is -1.63. The number of carbonyl (C=O) groups excluding carboxylic acids is 1. The lowest BCUT2D eigenvalue weighted by Gasteiger charge is -2.09. The highest BCUT2D eigenvalue weighted by atomic mass is 35.5. The van der Waals surface area contributed by atoms with Gasteiger partial charge in [-0.3, -0.25) is 4.79 Å². The second kappa shape index (κ2) is 6.99. The maximum atomic E-state index is 13.3. The summed E-state index contributed by atoms with van der Waals surface area (Å²) in [5.41, 5.74) is -0.293. The topological polar surface area (TPSA) is 84.2 Å². The molecular weight excluding hydrogens is 386 g/mol. The summed E-state index contributed by atoms with van der Waals surface area (Å²) in [5, 5.41) is 9.10. The van der Waals surface area contributed by atoms with Crippen LogP contribution >= 0.6 is 11.6 Å². The molecule has 3 atom stereocenters. The number of aryl methyl sites for hydroxylation is 1. The van der Waals surface area contributed by atoms with Crippen molar-refractivity contribution in [2.45, 2.75) is 29.9 Å². The predicted molar refractivity (Wildman–Crippen MR) is 101 cm³/mol. The highest BCUT2D eigenvalue weighted by Crippen LogP contribution is 2.64. The molecule has 1 saturated carbocycles. The van der Waals surface area contributed by atoms with Gasteiger partial charge in [0.1, 0.15) is 5.25 Å². The van der Waals surface area contributed by atoms with E-state index in [1.54, 1.807) is 43.3 Å². The van der Waals surface area contributed by atoms with Crippen LogP contribution in [0.25, 0.3) is 0 Å². The first-order valence-electron chi connectivity index (χ1n) is 8.43. The number of sulfone groups is 1. The molecule has 27 heavy (non-hydrogen) atoms. The molecule has 0 bridgehead atoms. The molecule has 0 N–H and O–H groups in total. The molecule has 0 saturated heterocycles. The molecule has 0 amide bonds. The molecule has 3 rings (SSSR count). The molecule has 0 heterocycles. The summed E-state index contributed by atoms with van der Waals surface area (Å²) in [6.07, 6.45) is 0. The maximum Gasteiger partial charge on any atom is 0.328 e. The minimum Gasteiger partial charge on any atom is -0.465 e. The Hall–Kier alpha value is -2.36. The van der Waals surface area contributed by atoms with E-state index in [-0.39, 0.29) is 11.5 Å². The molecule has 1 aliphatic rings. The number of rotatable bonds is 5. The van der Waals surface area contributed by atoms with Crippen LogP contribution in [-0.4, -0.2) is 26.2 Å². The smallest absolute Gasteiger partial charge is 0.328 e. The van der Waals surface area contributed by atoms with Gasteiger partial charge in [-0.25, -0.2) is 8.42 Å². The molecule has 0 aromatic heterocycles. The molecule has 1 fully saturated rings. The molecular formula is C20H18ClNO4S. The Bertz CT molecular complexity index is 1010. The van der Waals surface area contributed by atoms with E-state index in [0.29, 0.717) is 10.6 Å². The molecule has 3 unspecified atom stereocenters. The van der Waals surface area contributed by atoms with Crippen molar-refractivity contribution < 1.29 is 17.9 Å². The van der Waals surface area contributed by atoms with Gasteiger partial charge < -0.3 is 4.74 Å². The van der Waals surface area contributed by atoms with Crippen molar-refractivity contribution >= 4 is 27.4 Å². The highest BCUT2D eigenvalue weighted by molar-refractivity contribution is 7.92. The Kier molecular flexibility index (Phi) is 5.02. The molecule has 7 heteroatoms. The number of esters is 1. The van der Waals surface area contributed by atoms with E-state index in [1.807, 2.05) is 13.0 Å². The van der Waals surface area contributed by atoms with Gasteiger partial charge >= 0.3 is 5.97 Å². The van der Waals surface area contributed by atoms with Crippen molar-refractivity contribution in [3.8, 4) is 6.07 Å². The van der Waals surface area contributed by atoms with Gasteiger partial charge in [-0.05, 0) is 43.7 Å². The van der Waals surface area contributed by atoms with Gasteiger partial charge in [-0.2, -0.15) is 5.26 Å². The Morgan fingerprint density at radius 3 is 2.30 bits per heavy atom. The summed E-state index contributed by atoms with van der Waals surface area (Å²) < 4.78 is 31.6. The van der Waals surface area contributed by atoms with Crippen LogP contribution in [0.2, 0.25) is 5.02 Å². The van der Waals surface area contributed by atoms with Gasteiger partial charge in [-0.15, -0.1) is 0 Å². The van der Waals surface area contributed by atoms with Gasteiger partial charge in [-0.1, -0.05) is 41.4 Å². The molecule has 140 valence electrons. The van der Waals surface area contributed by atoms with Crippen LogP contribution in [0.3, 0.4) is 0 Å². The highest BCUT2D eigenvalue weighted by Gasteiger charge is 2.77. The Balaban J connectivity index is 2.12. The van der Waals surface area contributed by atoms with Gasteiger partial charge in [0.05, 0.1) is 17.6 Å². The van der Waals surface area contributed by atoms with Gasteiger partial charge in [0, 0.05) is 10.9 Å². The van der Waals surface area contributed by atoms with Gasteiger partial charge in [0.15, 0.2) is 15.3 Å². The molecule has 0 aliphatic heterocycles. The third-order valence-corrected chi connectivity index (χ3v) is 7.34.